The number of carbonyl (C=O) groups excluding carboxylic acids is 2. The first kappa shape index (κ1) is 24.6. The number of rotatable bonds is 8. The zero-order valence-electron chi connectivity index (χ0n) is 18.9. The number of hydrazone groups is 1. The third kappa shape index (κ3) is 6.49. The molecule has 0 atom stereocenters. The fourth-order valence-corrected chi connectivity index (χ4v) is 3.13. The number of ether oxygens (including phenoxy) is 3. The quantitative estimate of drug-likeness (QED) is 0.282. The van der Waals surface area contributed by atoms with Gasteiger partial charge in [-0.2, -0.15) is 5.10 Å². The lowest BCUT2D eigenvalue weighted by Crippen LogP contribution is -2.33. The second-order valence-electron chi connectivity index (χ2n) is 7.08. The molecule has 8 nitrogen and oxygen atoms in total. The maximum absolute atomic E-state index is 12.2. The lowest BCUT2D eigenvalue weighted by molar-refractivity contribution is -0.136. The van der Waals surface area contributed by atoms with Crippen LogP contribution in [0.15, 0.2) is 71.8 Å². The van der Waals surface area contributed by atoms with Crippen LogP contribution in [0.1, 0.15) is 18.1 Å². The number of hydrogen-bond acceptors (Lipinski definition) is 6. The summed E-state index contributed by atoms with van der Waals surface area (Å²) in [7, 11) is 2.98. The van der Waals surface area contributed by atoms with Crippen LogP contribution in [-0.4, -0.2) is 31.7 Å². The number of nitrogens with one attached hydrogen (secondary N) is 2. The highest BCUT2D eigenvalue weighted by Gasteiger charge is 2.16. The molecule has 0 aliphatic carbocycles. The first-order valence-corrected chi connectivity index (χ1v) is 10.6. The fraction of sp³-hybridized carbons (Fsp3) is 0.160. The predicted molar refractivity (Wildman–Crippen MR) is 131 cm³/mol. The van der Waals surface area contributed by atoms with E-state index in [1.54, 1.807) is 37.3 Å². The highest BCUT2D eigenvalue weighted by molar-refractivity contribution is 6.40. The normalized spacial score (nSPS) is 10.9. The minimum atomic E-state index is -0.948. The van der Waals surface area contributed by atoms with Gasteiger partial charge in [0.25, 0.3) is 0 Å². The van der Waals surface area contributed by atoms with E-state index in [-0.39, 0.29) is 5.69 Å². The van der Waals surface area contributed by atoms with Crippen molar-refractivity contribution in [3.05, 3.63) is 82.9 Å². The summed E-state index contributed by atoms with van der Waals surface area (Å²) in [4.78, 5) is 24.5. The molecule has 0 fully saturated rings. The Balaban J connectivity index is 1.64. The zero-order chi connectivity index (χ0) is 24.5. The van der Waals surface area contributed by atoms with Crippen molar-refractivity contribution in [1.82, 2.24) is 5.43 Å². The van der Waals surface area contributed by atoms with Crippen molar-refractivity contribution in [1.29, 1.82) is 0 Å². The Morgan fingerprint density at radius 3 is 2.29 bits per heavy atom. The average Bonchev–Trinajstić information content (AvgIpc) is 2.86. The van der Waals surface area contributed by atoms with Crippen LogP contribution >= 0.6 is 11.6 Å². The molecule has 0 bridgehead atoms. The highest BCUT2D eigenvalue weighted by Crippen LogP contribution is 2.29. The second-order valence-corrected chi connectivity index (χ2v) is 7.51. The molecule has 0 saturated carbocycles. The first-order valence-electron chi connectivity index (χ1n) is 10.3. The van der Waals surface area contributed by atoms with Gasteiger partial charge in [-0.1, -0.05) is 41.9 Å². The number of methoxy groups -OCH3 is 2. The SMILES string of the molecule is COc1ccc(Cl)cc1NC(=O)C(=O)N/N=C(\C)c1ccc(OCc2ccccc2)c(OC)c1. The zero-order valence-corrected chi connectivity index (χ0v) is 19.7. The molecule has 3 rings (SSSR count). The first-order chi connectivity index (χ1) is 16.4. The van der Waals surface area contributed by atoms with Gasteiger partial charge in [0.2, 0.25) is 0 Å². The number of hydrogen-bond donors (Lipinski definition) is 2. The molecule has 2 N–H and O–H groups in total. The third-order valence-electron chi connectivity index (χ3n) is 4.76. The van der Waals surface area contributed by atoms with Gasteiger partial charge in [-0.15, -0.1) is 0 Å². The van der Waals surface area contributed by atoms with Crippen LogP contribution in [0.4, 0.5) is 5.69 Å². The average molecular weight is 482 g/mol. The van der Waals surface area contributed by atoms with E-state index in [4.69, 9.17) is 25.8 Å². The summed E-state index contributed by atoms with van der Waals surface area (Å²) in [6, 6.07) is 19.7. The molecule has 176 valence electrons. The lowest BCUT2D eigenvalue weighted by Gasteiger charge is -2.12. The smallest absolute Gasteiger partial charge is 0.329 e. The van der Waals surface area contributed by atoms with Crippen molar-refractivity contribution < 1.29 is 23.8 Å². The van der Waals surface area contributed by atoms with Gasteiger partial charge >= 0.3 is 11.8 Å². The number of anilines is 1. The van der Waals surface area contributed by atoms with Crippen LogP contribution in [0.25, 0.3) is 0 Å². The number of carbonyl (C=O) groups is 2. The molecule has 3 aromatic rings. The molecule has 9 heteroatoms. The van der Waals surface area contributed by atoms with Gasteiger partial charge in [0.15, 0.2) is 11.5 Å². The van der Waals surface area contributed by atoms with Crippen molar-refractivity contribution in [2.75, 3.05) is 19.5 Å². The van der Waals surface area contributed by atoms with Crippen LogP contribution in [0.2, 0.25) is 5.02 Å². The number of benzene rings is 3. The molecule has 0 aliphatic heterocycles. The van der Waals surface area contributed by atoms with Crippen molar-refractivity contribution in [2.24, 2.45) is 5.10 Å². The van der Waals surface area contributed by atoms with E-state index in [1.807, 2.05) is 30.3 Å². The van der Waals surface area contributed by atoms with Gasteiger partial charge in [-0.25, -0.2) is 5.43 Å². The van der Waals surface area contributed by atoms with E-state index in [0.29, 0.717) is 40.2 Å². The fourth-order valence-electron chi connectivity index (χ4n) is 2.95. The van der Waals surface area contributed by atoms with Gasteiger partial charge in [-0.05, 0) is 48.9 Å². The van der Waals surface area contributed by atoms with Crippen molar-refractivity contribution in [2.45, 2.75) is 13.5 Å². The number of nitrogens with zero attached hydrogens (tertiary/aromatic N) is 1. The molecule has 0 aromatic heterocycles. The van der Waals surface area contributed by atoms with Gasteiger partial charge in [0.1, 0.15) is 12.4 Å². The van der Waals surface area contributed by atoms with Crippen LogP contribution < -0.4 is 25.0 Å². The van der Waals surface area contributed by atoms with E-state index in [2.05, 4.69) is 15.8 Å². The number of halogens is 1. The summed E-state index contributed by atoms with van der Waals surface area (Å²) in [5.41, 5.74) is 4.69. The largest absolute Gasteiger partial charge is 0.495 e. The maximum atomic E-state index is 12.2. The van der Waals surface area contributed by atoms with Crippen LogP contribution in [0, 0.1) is 0 Å². The summed E-state index contributed by atoms with van der Waals surface area (Å²) in [5.74, 6) is -0.413. The second kappa shape index (κ2) is 11.7. The molecule has 0 spiro atoms. The molecule has 0 aliphatic rings. The molecule has 34 heavy (non-hydrogen) atoms. The van der Waals surface area contributed by atoms with Crippen LogP contribution in [-0.2, 0) is 16.2 Å². The Morgan fingerprint density at radius 2 is 1.59 bits per heavy atom. The minimum Gasteiger partial charge on any atom is -0.495 e. The molecule has 2 amide bonds. The summed E-state index contributed by atoms with van der Waals surface area (Å²) in [6.07, 6.45) is 0. The van der Waals surface area contributed by atoms with Crippen LogP contribution in [0.3, 0.4) is 0 Å². The summed E-state index contributed by atoms with van der Waals surface area (Å²) >= 11 is 5.95. The van der Waals surface area contributed by atoms with Gasteiger partial charge in [-0.3, -0.25) is 9.59 Å². The molecule has 0 heterocycles. The molecule has 3 aromatic carbocycles. The van der Waals surface area contributed by atoms with E-state index in [0.717, 1.165) is 5.56 Å². The van der Waals surface area contributed by atoms with E-state index in [1.165, 1.54) is 20.3 Å². The van der Waals surface area contributed by atoms with E-state index >= 15 is 0 Å². The third-order valence-corrected chi connectivity index (χ3v) is 4.99. The Labute approximate surface area is 202 Å². The predicted octanol–water partition coefficient (Wildman–Crippen LogP) is 4.42. The van der Waals surface area contributed by atoms with Gasteiger partial charge in [0, 0.05) is 10.6 Å². The van der Waals surface area contributed by atoms with Gasteiger partial charge in [0.05, 0.1) is 25.6 Å². The molecule has 0 saturated heterocycles. The van der Waals surface area contributed by atoms with Gasteiger partial charge < -0.3 is 19.5 Å². The Kier molecular flexibility index (Phi) is 8.48. The summed E-state index contributed by atoms with van der Waals surface area (Å²) in [5, 5.41) is 6.86. The molecule has 0 radical (unpaired) electrons. The summed E-state index contributed by atoms with van der Waals surface area (Å²) in [6.45, 7) is 2.09. The monoisotopic (exact) mass is 481 g/mol. The Hall–Kier alpha value is -4.04. The Bertz CT molecular complexity index is 1200. The van der Waals surface area contributed by atoms with E-state index < -0.39 is 11.8 Å². The van der Waals surface area contributed by atoms with Crippen molar-refractivity contribution in [3.8, 4) is 17.2 Å². The minimum absolute atomic E-state index is 0.270. The van der Waals surface area contributed by atoms with Crippen LogP contribution in [0.5, 0.6) is 17.2 Å². The maximum Gasteiger partial charge on any atom is 0.329 e. The highest BCUT2D eigenvalue weighted by atomic mass is 35.5. The van der Waals surface area contributed by atoms with Crippen molar-refractivity contribution in [3.63, 3.8) is 0 Å². The molecular formula is C25H24ClN3O5. The standard InChI is InChI=1S/C25H24ClN3O5/c1-16(28-29-25(31)24(30)27-20-14-19(26)10-12-21(20)32-2)18-9-11-22(23(13-18)33-3)34-15-17-7-5-4-6-8-17/h4-14H,15H2,1-3H3,(H,27,30)(H,29,31)/b28-16+. The lowest BCUT2D eigenvalue weighted by atomic mass is 10.1. The molecule has 0 unspecified atom stereocenters. The molecular weight excluding hydrogens is 458 g/mol. The van der Waals surface area contributed by atoms with E-state index in [9.17, 15) is 9.59 Å². The summed E-state index contributed by atoms with van der Waals surface area (Å²) < 4.78 is 16.4. The number of amides is 2. The Morgan fingerprint density at radius 1 is 0.882 bits per heavy atom. The van der Waals surface area contributed by atoms with Crippen molar-refractivity contribution >= 4 is 34.8 Å². The topological polar surface area (TPSA) is 98.2 Å².